The van der Waals surface area contributed by atoms with Gasteiger partial charge < -0.3 is 21.7 Å². The highest BCUT2D eigenvalue weighted by atomic mass is 16.3. The van der Waals surface area contributed by atoms with Crippen LogP contribution in [-0.2, 0) is 0 Å². The van der Waals surface area contributed by atoms with Gasteiger partial charge in [-0.2, -0.15) is 0 Å². The smallest absolute Gasteiger partial charge is 0.103 e. The van der Waals surface area contributed by atoms with E-state index < -0.39 is 6.23 Å². The summed E-state index contributed by atoms with van der Waals surface area (Å²) in [7, 11) is 0. The molecule has 0 aliphatic carbocycles. The molecule has 0 rings (SSSR count). The van der Waals surface area contributed by atoms with Crippen LogP contribution in [-0.4, -0.2) is 29.1 Å². The molecule has 0 amide bonds. The Kier molecular flexibility index (Phi) is 7.39. The van der Waals surface area contributed by atoms with E-state index in [1.54, 1.807) is 0 Å². The maximum atomic E-state index is 8.78. The predicted octanol–water partition coefficient (Wildman–Crippen LogP) is -0.466. The highest BCUT2D eigenvalue weighted by molar-refractivity contribution is 4.63. The van der Waals surface area contributed by atoms with Crippen molar-refractivity contribution in [3.05, 3.63) is 0 Å². The molecular weight excluding hydrogens is 156 g/mol. The van der Waals surface area contributed by atoms with E-state index in [1.165, 1.54) is 0 Å². The Balaban J connectivity index is 3.14. The van der Waals surface area contributed by atoms with Crippen LogP contribution in [0.3, 0.4) is 0 Å². The fourth-order valence-corrected chi connectivity index (χ4v) is 1.12. The third-order valence-corrected chi connectivity index (χ3v) is 1.78. The number of hydrogen-bond acceptors (Lipinski definition) is 4. The first-order valence-electron chi connectivity index (χ1n) is 4.47. The molecule has 0 heterocycles. The summed E-state index contributed by atoms with van der Waals surface area (Å²) in [6, 6.07) is -0.0105. The SMILES string of the molecule is NC(O)CC(N)CCCCCO. The highest BCUT2D eigenvalue weighted by Gasteiger charge is 2.05. The molecule has 0 aromatic rings. The minimum Gasteiger partial charge on any atom is -0.396 e. The van der Waals surface area contributed by atoms with Crippen molar-refractivity contribution in [3.8, 4) is 0 Å². The zero-order chi connectivity index (χ0) is 9.40. The summed E-state index contributed by atoms with van der Waals surface area (Å²) in [4.78, 5) is 0. The van der Waals surface area contributed by atoms with E-state index in [4.69, 9.17) is 21.7 Å². The van der Waals surface area contributed by atoms with Gasteiger partial charge in [-0.25, -0.2) is 0 Å². The Labute approximate surface area is 73.6 Å². The Morgan fingerprint density at radius 2 is 1.75 bits per heavy atom. The highest BCUT2D eigenvalue weighted by Crippen LogP contribution is 2.04. The number of unbranched alkanes of at least 4 members (excludes halogenated alkanes) is 2. The third-order valence-electron chi connectivity index (χ3n) is 1.78. The first-order chi connectivity index (χ1) is 5.66. The monoisotopic (exact) mass is 176 g/mol. The van der Waals surface area contributed by atoms with Gasteiger partial charge in [0.15, 0.2) is 0 Å². The largest absolute Gasteiger partial charge is 0.396 e. The van der Waals surface area contributed by atoms with Crippen molar-refractivity contribution >= 4 is 0 Å². The second-order valence-corrected chi connectivity index (χ2v) is 3.14. The van der Waals surface area contributed by atoms with Crippen molar-refractivity contribution in [1.82, 2.24) is 0 Å². The van der Waals surface area contributed by atoms with Crippen molar-refractivity contribution < 1.29 is 10.2 Å². The van der Waals surface area contributed by atoms with Crippen LogP contribution in [0.25, 0.3) is 0 Å². The lowest BCUT2D eigenvalue weighted by molar-refractivity contribution is 0.160. The van der Waals surface area contributed by atoms with Gasteiger partial charge in [-0.15, -0.1) is 0 Å². The Morgan fingerprint density at radius 3 is 2.25 bits per heavy atom. The molecule has 12 heavy (non-hydrogen) atoms. The third kappa shape index (κ3) is 7.94. The van der Waals surface area contributed by atoms with Gasteiger partial charge in [0, 0.05) is 19.1 Å². The van der Waals surface area contributed by atoms with Crippen LogP contribution >= 0.6 is 0 Å². The molecule has 0 aliphatic rings. The number of rotatable bonds is 7. The minimum atomic E-state index is -0.794. The van der Waals surface area contributed by atoms with Gasteiger partial charge in [0.1, 0.15) is 6.23 Å². The van der Waals surface area contributed by atoms with Gasteiger partial charge in [-0.05, 0) is 12.8 Å². The van der Waals surface area contributed by atoms with Crippen LogP contribution in [0.5, 0.6) is 0 Å². The maximum Gasteiger partial charge on any atom is 0.103 e. The van der Waals surface area contributed by atoms with Crippen molar-refractivity contribution in [2.75, 3.05) is 6.61 Å². The molecule has 4 nitrogen and oxygen atoms in total. The number of hydrogen-bond donors (Lipinski definition) is 4. The van der Waals surface area contributed by atoms with Crippen LogP contribution < -0.4 is 11.5 Å². The fourth-order valence-electron chi connectivity index (χ4n) is 1.12. The molecule has 0 saturated carbocycles. The Morgan fingerprint density at radius 1 is 1.08 bits per heavy atom. The standard InChI is InChI=1S/C8H20N2O2/c9-7(6-8(10)12)4-2-1-3-5-11/h7-8,11-12H,1-6,9-10H2. The van der Waals surface area contributed by atoms with E-state index >= 15 is 0 Å². The van der Waals surface area contributed by atoms with Crippen molar-refractivity contribution in [2.45, 2.75) is 44.4 Å². The minimum absolute atomic E-state index is 0.0105. The number of aliphatic hydroxyl groups excluding tert-OH is 2. The molecule has 0 radical (unpaired) electrons. The normalized spacial score (nSPS) is 16.0. The quantitative estimate of drug-likeness (QED) is 0.312. The van der Waals surface area contributed by atoms with Gasteiger partial charge in [-0.1, -0.05) is 12.8 Å². The summed E-state index contributed by atoms with van der Waals surface area (Å²) in [6.45, 7) is 0.245. The molecule has 0 fully saturated rings. The predicted molar refractivity (Wildman–Crippen MR) is 48.3 cm³/mol. The van der Waals surface area contributed by atoms with Gasteiger partial charge >= 0.3 is 0 Å². The van der Waals surface area contributed by atoms with Gasteiger partial charge in [0.05, 0.1) is 0 Å². The van der Waals surface area contributed by atoms with Gasteiger partial charge in [0.25, 0.3) is 0 Å². The molecule has 0 saturated heterocycles. The molecule has 0 aromatic heterocycles. The summed E-state index contributed by atoms with van der Waals surface area (Å²) in [5.74, 6) is 0. The first-order valence-corrected chi connectivity index (χ1v) is 4.47. The number of nitrogens with two attached hydrogens (primary N) is 2. The van der Waals surface area contributed by atoms with Crippen LogP contribution in [0, 0.1) is 0 Å². The lowest BCUT2D eigenvalue weighted by atomic mass is 10.1. The average molecular weight is 176 g/mol. The van der Waals surface area contributed by atoms with Crippen molar-refractivity contribution in [3.63, 3.8) is 0 Å². The summed E-state index contributed by atoms with van der Waals surface area (Å²) >= 11 is 0. The lowest BCUT2D eigenvalue weighted by Crippen LogP contribution is -2.30. The second-order valence-electron chi connectivity index (χ2n) is 3.14. The Bertz CT molecular complexity index is 99.1. The number of aliphatic hydroxyl groups is 2. The summed E-state index contributed by atoms with van der Waals surface area (Å²) in [6.07, 6.45) is 3.35. The molecule has 74 valence electrons. The summed E-state index contributed by atoms with van der Waals surface area (Å²) < 4.78 is 0. The van der Waals surface area contributed by atoms with Gasteiger partial charge in [-0.3, -0.25) is 0 Å². The molecule has 6 N–H and O–H groups in total. The van der Waals surface area contributed by atoms with Crippen LogP contribution in [0.2, 0.25) is 0 Å². The van der Waals surface area contributed by atoms with E-state index in [-0.39, 0.29) is 12.6 Å². The fraction of sp³-hybridized carbons (Fsp3) is 1.00. The summed E-state index contributed by atoms with van der Waals surface area (Å²) in [5, 5.41) is 17.3. The topological polar surface area (TPSA) is 92.5 Å². The molecular formula is C8H20N2O2. The molecule has 4 heteroatoms. The molecule has 0 aliphatic heterocycles. The van der Waals surface area contributed by atoms with Gasteiger partial charge in [0.2, 0.25) is 0 Å². The van der Waals surface area contributed by atoms with Crippen molar-refractivity contribution in [2.24, 2.45) is 11.5 Å². The molecule has 0 bridgehead atoms. The second kappa shape index (κ2) is 7.49. The Hall–Kier alpha value is -0.160. The summed E-state index contributed by atoms with van der Waals surface area (Å²) in [5.41, 5.74) is 10.8. The van der Waals surface area contributed by atoms with Crippen LogP contribution in [0.15, 0.2) is 0 Å². The zero-order valence-corrected chi connectivity index (χ0v) is 7.45. The average Bonchev–Trinajstić information content (AvgIpc) is 1.97. The lowest BCUT2D eigenvalue weighted by Gasteiger charge is -2.12. The van der Waals surface area contributed by atoms with Crippen LogP contribution in [0.1, 0.15) is 32.1 Å². The van der Waals surface area contributed by atoms with E-state index in [0.717, 1.165) is 25.7 Å². The van der Waals surface area contributed by atoms with E-state index in [9.17, 15) is 0 Å². The zero-order valence-electron chi connectivity index (χ0n) is 7.45. The molecule has 2 atom stereocenters. The van der Waals surface area contributed by atoms with E-state index in [1.807, 2.05) is 0 Å². The van der Waals surface area contributed by atoms with E-state index in [2.05, 4.69) is 0 Å². The molecule has 2 unspecified atom stereocenters. The maximum absolute atomic E-state index is 8.78. The van der Waals surface area contributed by atoms with Crippen LogP contribution in [0.4, 0.5) is 0 Å². The van der Waals surface area contributed by atoms with Crippen molar-refractivity contribution in [1.29, 1.82) is 0 Å². The molecule has 0 aromatic carbocycles. The first kappa shape index (κ1) is 11.8. The van der Waals surface area contributed by atoms with E-state index in [0.29, 0.717) is 6.42 Å². The molecule has 0 spiro atoms.